The molecule has 0 unspecified atom stereocenters. The van der Waals surface area contributed by atoms with Gasteiger partial charge in [-0.25, -0.2) is 9.78 Å². The molecule has 1 saturated heterocycles. The molecule has 4 rings (SSSR count). The van der Waals surface area contributed by atoms with Crippen LogP contribution in [0, 0.1) is 0 Å². The van der Waals surface area contributed by atoms with E-state index in [0.29, 0.717) is 25.6 Å². The zero-order valence-corrected chi connectivity index (χ0v) is 15.6. The lowest BCUT2D eigenvalue weighted by molar-refractivity contribution is -0.0219. The van der Waals surface area contributed by atoms with Crippen molar-refractivity contribution in [2.75, 3.05) is 13.1 Å². The minimum atomic E-state index is -0.484. The standard InChI is InChI=1S/C19H26N4O3/c1-19(2,3)26-18(24)23-10-15(11-23)25-16-6-13(12-4-5-12)8-22-9-14(7-20)21-17(16)22/h6,8-9,12,15H,4-5,7,10-11,20H2,1-3H3. The zero-order chi connectivity index (χ0) is 18.5. The zero-order valence-electron chi connectivity index (χ0n) is 15.6. The van der Waals surface area contributed by atoms with Crippen molar-refractivity contribution in [2.45, 2.75) is 57.8 Å². The van der Waals surface area contributed by atoms with Crippen molar-refractivity contribution >= 4 is 11.7 Å². The maximum Gasteiger partial charge on any atom is 0.410 e. The second-order valence-corrected chi connectivity index (χ2v) is 8.20. The van der Waals surface area contributed by atoms with Crippen LogP contribution < -0.4 is 10.5 Å². The van der Waals surface area contributed by atoms with Gasteiger partial charge in [0.1, 0.15) is 11.7 Å². The third-order valence-electron chi connectivity index (χ3n) is 4.64. The van der Waals surface area contributed by atoms with Gasteiger partial charge < -0.3 is 24.5 Å². The van der Waals surface area contributed by atoms with Gasteiger partial charge in [-0.1, -0.05) is 0 Å². The molecule has 7 heteroatoms. The fraction of sp³-hybridized carbons (Fsp3) is 0.579. The maximum absolute atomic E-state index is 12.1. The predicted octanol–water partition coefficient (Wildman–Crippen LogP) is 2.67. The molecule has 140 valence electrons. The summed E-state index contributed by atoms with van der Waals surface area (Å²) in [7, 11) is 0. The quantitative estimate of drug-likeness (QED) is 0.909. The van der Waals surface area contributed by atoms with Gasteiger partial charge in [0.25, 0.3) is 0 Å². The first kappa shape index (κ1) is 17.1. The molecule has 3 heterocycles. The lowest BCUT2D eigenvalue weighted by atomic mass is 10.1. The average molecular weight is 358 g/mol. The second-order valence-electron chi connectivity index (χ2n) is 8.20. The number of carbonyl (C=O) groups is 1. The first-order valence-electron chi connectivity index (χ1n) is 9.18. The Morgan fingerprint density at radius 3 is 2.65 bits per heavy atom. The van der Waals surface area contributed by atoms with E-state index in [9.17, 15) is 4.79 Å². The van der Waals surface area contributed by atoms with Crippen LogP contribution >= 0.6 is 0 Å². The third kappa shape index (κ3) is 3.49. The Bertz CT molecular complexity index is 829. The molecule has 2 fully saturated rings. The monoisotopic (exact) mass is 358 g/mol. The highest BCUT2D eigenvalue weighted by molar-refractivity contribution is 5.69. The highest BCUT2D eigenvalue weighted by atomic mass is 16.6. The maximum atomic E-state index is 12.1. The number of rotatable bonds is 4. The van der Waals surface area contributed by atoms with Crippen LogP contribution in [0.3, 0.4) is 0 Å². The molecule has 2 aromatic rings. The summed E-state index contributed by atoms with van der Waals surface area (Å²) >= 11 is 0. The fourth-order valence-electron chi connectivity index (χ4n) is 3.13. The number of fused-ring (bicyclic) bond motifs is 1. The van der Waals surface area contributed by atoms with Crippen LogP contribution in [0.4, 0.5) is 4.79 Å². The van der Waals surface area contributed by atoms with Crippen molar-refractivity contribution in [1.29, 1.82) is 0 Å². The highest BCUT2D eigenvalue weighted by Gasteiger charge is 2.36. The van der Waals surface area contributed by atoms with E-state index < -0.39 is 5.60 Å². The Labute approximate surface area is 153 Å². The third-order valence-corrected chi connectivity index (χ3v) is 4.64. The van der Waals surface area contributed by atoms with Gasteiger partial charge in [0.2, 0.25) is 0 Å². The Hall–Kier alpha value is -2.28. The summed E-state index contributed by atoms with van der Waals surface area (Å²) in [5, 5.41) is 0. The summed E-state index contributed by atoms with van der Waals surface area (Å²) in [4.78, 5) is 18.3. The molecule has 26 heavy (non-hydrogen) atoms. The molecular formula is C19H26N4O3. The summed E-state index contributed by atoms with van der Waals surface area (Å²) < 4.78 is 13.6. The van der Waals surface area contributed by atoms with Crippen LogP contribution in [0.15, 0.2) is 18.5 Å². The molecule has 1 amide bonds. The Balaban J connectivity index is 1.47. The number of carbonyl (C=O) groups excluding carboxylic acids is 1. The van der Waals surface area contributed by atoms with Gasteiger partial charge in [-0.05, 0) is 51.2 Å². The molecule has 0 spiro atoms. The van der Waals surface area contributed by atoms with Gasteiger partial charge in [-0.15, -0.1) is 0 Å². The Morgan fingerprint density at radius 2 is 2.04 bits per heavy atom. The van der Waals surface area contributed by atoms with E-state index >= 15 is 0 Å². The average Bonchev–Trinajstić information content (AvgIpc) is 3.27. The molecule has 0 atom stereocenters. The van der Waals surface area contributed by atoms with E-state index in [4.69, 9.17) is 15.2 Å². The van der Waals surface area contributed by atoms with Gasteiger partial charge in [0.05, 0.1) is 18.8 Å². The summed E-state index contributed by atoms with van der Waals surface area (Å²) in [6.07, 6.45) is 6.19. The number of ether oxygens (including phenoxy) is 2. The lowest BCUT2D eigenvalue weighted by Crippen LogP contribution is -2.57. The predicted molar refractivity (Wildman–Crippen MR) is 97.3 cm³/mol. The van der Waals surface area contributed by atoms with Crippen molar-refractivity contribution < 1.29 is 14.3 Å². The van der Waals surface area contributed by atoms with Gasteiger partial charge in [-0.3, -0.25) is 0 Å². The van der Waals surface area contributed by atoms with Gasteiger partial charge >= 0.3 is 6.09 Å². The lowest BCUT2D eigenvalue weighted by Gasteiger charge is -2.39. The van der Waals surface area contributed by atoms with Crippen LogP contribution in [0.1, 0.15) is 50.8 Å². The number of imidazole rings is 1. The Morgan fingerprint density at radius 1 is 1.31 bits per heavy atom. The molecule has 1 aliphatic heterocycles. The molecule has 0 radical (unpaired) electrons. The fourth-order valence-corrected chi connectivity index (χ4v) is 3.13. The minimum absolute atomic E-state index is 0.0428. The topological polar surface area (TPSA) is 82.1 Å². The number of likely N-dealkylation sites (tertiary alicyclic amines) is 1. The molecule has 2 aliphatic rings. The summed E-state index contributed by atoms with van der Waals surface area (Å²) in [6, 6.07) is 2.09. The summed E-state index contributed by atoms with van der Waals surface area (Å²) in [5.74, 6) is 1.38. The normalized spacial score (nSPS) is 18.1. The van der Waals surface area contributed by atoms with Crippen LogP contribution in [0.2, 0.25) is 0 Å². The Kier molecular flexibility index (Phi) is 4.06. The van der Waals surface area contributed by atoms with E-state index in [2.05, 4.69) is 17.2 Å². The molecule has 2 N–H and O–H groups in total. The molecule has 0 aromatic carbocycles. The number of hydrogen-bond donors (Lipinski definition) is 1. The van der Waals surface area contributed by atoms with E-state index in [-0.39, 0.29) is 12.2 Å². The molecule has 1 aliphatic carbocycles. The van der Waals surface area contributed by atoms with Gasteiger partial charge in [0, 0.05) is 18.9 Å². The van der Waals surface area contributed by atoms with Crippen LogP contribution in [0.25, 0.3) is 5.65 Å². The molecule has 1 saturated carbocycles. The van der Waals surface area contributed by atoms with E-state index in [1.807, 2.05) is 31.4 Å². The van der Waals surface area contributed by atoms with Gasteiger partial charge in [-0.2, -0.15) is 0 Å². The largest absolute Gasteiger partial charge is 0.483 e. The van der Waals surface area contributed by atoms with E-state index in [1.165, 1.54) is 18.4 Å². The molecule has 7 nitrogen and oxygen atoms in total. The molecular weight excluding hydrogens is 332 g/mol. The van der Waals surface area contributed by atoms with Crippen LogP contribution in [0.5, 0.6) is 5.75 Å². The SMILES string of the molecule is CC(C)(C)OC(=O)N1CC(Oc2cc(C3CC3)cn3cc(CN)nc23)C1. The summed E-state index contributed by atoms with van der Waals surface area (Å²) in [6.45, 7) is 7.05. The first-order valence-corrected chi connectivity index (χ1v) is 9.18. The summed E-state index contributed by atoms with van der Waals surface area (Å²) in [5.41, 5.74) is 8.15. The second kappa shape index (κ2) is 6.16. The van der Waals surface area contributed by atoms with E-state index in [0.717, 1.165) is 17.1 Å². The smallest absolute Gasteiger partial charge is 0.410 e. The number of amides is 1. The highest BCUT2D eigenvalue weighted by Crippen LogP contribution is 2.42. The number of aromatic nitrogens is 2. The van der Waals surface area contributed by atoms with Crippen LogP contribution in [-0.2, 0) is 11.3 Å². The van der Waals surface area contributed by atoms with Crippen molar-refractivity contribution in [3.8, 4) is 5.75 Å². The van der Waals surface area contributed by atoms with Crippen molar-refractivity contribution in [3.63, 3.8) is 0 Å². The van der Waals surface area contributed by atoms with Crippen LogP contribution in [-0.4, -0.2) is 45.2 Å². The van der Waals surface area contributed by atoms with Crippen molar-refractivity contribution in [1.82, 2.24) is 14.3 Å². The molecule has 0 bridgehead atoms. The van der Waals surface area contributed by atoms with Gasteiger partial charge in [0.15, 0.2) is 11.4 Å². The van der Waals surface area contributed by atoms with Crippen molar-refractivity contribution in [2.24, 2.45) is 5.73 Å². The number of nitrogens with zero attached hydrogens (tertiary/aromatic N) is 3. The van der Waals surface area contributed by atoms with Crippen molar-refractivity contribution in [3.05, 3.63) is 29.7 Å². The number of hydrogen-bond acceptors (Lipinski definition) is 5. The number of pyridine rings is 1. The molecule has 2 aromatic heterocycles. The van der Waals surface area contributed by atoms with E-state index in [1.54, 1.807) is 4.90 Å². The number of nitrogens with two attached hydrogens (primary N) is 1. The first-order chi connectivity index (χ1) is 12.3. The minimum Gasteiger partial charge on any atom is -0.483 e.